The molecule has 1 aromatic heterocycles. The lowest BCUT2D eigenvalue weighted by molar-refractivity contribution is -0.132. The Balaban J connectivity index is 1.88. The van der Waals surface area contributed by atoms with Gasteiger partial charge in [0.25, 0.3) is 5.78 Å². The first-order valence-corrected chi connectivity index (χ1v) is 14.5. The van der Waals surface area contributed by atoms with E-state index in [0.29, 0.717) is 34.9 Å². The first-order valence-electron chi connectivity index (χ1n) is 13.7. The van der Waals surface area contributed by atoms with Gasteiger partial charge in [0.05, 0.1) is 37.6 Å². The van der Waals surface area contributed by atoms with Crippen LogP contribution in [0.4, 0.5) is 9.52 Å². The Labute approximate surface area is 247 Å². The van der Waals surface area contributed by atoms with E-state index >= 15 is 0 Å². The number of Topliss-reactive ketones (excluding diaryl/α,β-unsaturated/α-hetero) is 1. The van der Waals surface area contributed by atoms with Crippen molar-refractivity contribution in [2.75, 3.05) is 25.2 Å². The predicted molar refractivity (Wildman–Crippen MR) is 157 cm³/mol. The second-order valence-corrected chi connectivity index (χ2v) is 10.7. The molecule has 0 spiro atoms. The number of hydrogen-bond acceptors (Lipinski definition) is 9. The molecular formula is C31H33FN2O7S. The summed E-state index contributed by atoms with van der Waals surface area (Å²) in [6, 6.07) is 7.83. The summed E-state index contributed by atoms with van der Waals surface area (Å²) in [5.74, 6) is -2.83. The number of ether oxygens (including phenoxy) is 3. The number of nitrogens with zero attached hydrogens (tertiary/aromatic N) is 2. The fourth-order valence-electron chi connectivity index (χ4n) is 4.62. The molecule has 3 aromatic rings. The van der Waals surface area contributed by atoms with Crippen molar-refractivity contribution in [2.45, 2.75) is 53.0 Å². The Hall–Kier alpha value is -4.25. The number of rotatable bonds is 11. The molecule has 0 unspecified atom stereocenters. The molecule has 2 heterocycles. The number of carbonyl (C=O) groups excluding carboxylic acids is 3. The minimum Gasteiger partial charge on any atom is -0.507 e. The lowest BCUT2D eigenvalue weighted by Crippen LogP contribution is -2.29. The molecule has 0 saturated carbocycles. The molecule has 1 aliphatic rings. The zero-order valence-corrected chi connectivity index (χ0v) is 25.0. The minimum absolute atomic E-state index is 0.0338. The third kappa shape index (κ3) is 6.01. The van der Waals surface area contributed by atoms with Crippen LogP contribution in [0.3, 0.4) is 0 Å². The van der Waals surface area contributed by atoms with Gasteiger partial charge in [0.15, 0.2) is 16.6 Å². The monoisotopic (exact) mass is 596 g/mol. The van der Waals surface area contributed by atoms with Crippen molar-refractivity contribution in [3.63, 3.8) is 0 Å². The largest absolute Gasteiger partial charge is 0.507 e. The van der Waals surface area contributed by atoms with Crippen molar-refractivity contribution in [1.29, 1.82) is 0 Å². The van der Waals surface area contributed by atoms with E-state index in [1.165, 1.54) is 19.2 Å². The SMILES string of the molecule is CCCCCOc1ccc([C@@H]2C(=C(O)c3ccc(C)c(F)c3)C(=O)C(=O)N2c2nc(C)c(C(=O)OCC)s2)cc1OC. The molecule has 4 rings (SSSR count). The van der Waals surface area contributed by atoms with Crippen LogP contribution in [0.25, 0.3) is 5.76 Å². The van der Waals surface area contributed by atoms with Crippen LogP contribution in [0.15, 0.2) is 42.0 Å². The molecule has 1 fully saturated rings. The number of hydrogen-bond donors (Lipinski definition) is 1. The molecule has 1 N–H and O–H groups in total. The number of methoxy groups -OCH3 is 1. The lowest BCUT2D eigenvalue weighted by atomic mass is 9.94. The summed E-state index contributed by atoms with van der Waals surface area (Å²) in [6.07, 6.45) is 2.91. The van der Waals surface area contributed by atoms with Crippen molar-refractivity contribution in [2.24, 2.45) is 0 Å². The Morgan fingerprint density at radius 2 is 1.86 bits per heavy atom. The van der Waals surface area contributed by atoms with Crippen molar-refractivity contribution in [3.8, 4) is 11.5 Å². The van der Waals surface area contributed by atoms with Crippen LogP contribution in [0.5, 0.6) is 11.5 Å². The number of benzene rings is 2. The molecule has 1 amide bonds. The van der Waals surface area contributed by atoms with E-state index in [2.05, 4.69) is 11.9 Å². The van der Waals surface area contributed by atoms with Crippen LogP contribution in [-0.2, 0) is 14.3 Å². The van der Waals surface area contributed by atoms with Crippen LogP contribution in [0, 0.1) is 19.7 Å². The van der Waals surface area contributed by atoms with Crippen molar-refractivity contribution in [3.05, 3.63) is 75.0 Å². The molecule has 9 nitrogen and oxygen atoms in total. The van der Waals surface area contributed by atoms with Crippen LogP contribution in [-0.4, -0.2) is 48.1 Å². The summed E-state index contributed by atoms with van der Waals surface area (Å²) in [5, 5.41) is 11.4. The van der Waals surface area contributed by atoms with Gasteiger partial charge in [-0.2, -0.15) is 0 Å². The Morgan fingerprint density at radius 3 is 2.52 bits per heavy atom. The number of aryl methyl sites for hydroxylation is 2. The summed E-state index contributed by atoms with van der Waals surface area (Å²) in [6.45, 7) is 7.57. The van der Waals surface area contributed by atoms with Gasteiger partial charge in [-0.25, -0.2) is 14.2 Å². The number of thiazole rings is 1. The average molecular weight is 597 g/mol. The molecule has 1 aliphatic heterocycles. The predicted octanol–water partition coefficient (Wildman–Crippen LogP) is 6.28. The first-order chi connectivity index (χ1) is 20.1. The zero-order chi connectivity index (χ0) is 30.6. The number of halogens is 1. The van der Waals surface area contributed by atoms with E-state index in [-0.39, 0.29) is 27.8 Å². The van der Waals surface area contributed by atoms with Gasteiger partial charge in [0, 0.05) is 5.56 Å². The molecular weight excluding hydrogens is 563 g/mol. The van der Waals surface area contributed by atoms with E-state index < -0.39 is 35.3 Å². The highest BCUT2D eigenvalue weighted by Gasteiger charge is 2.48. The Bertz CT molecular complexity index is 1550. The van der Waals surface area contributed by atoms with E-state index in [0.717, 1.165) is 41.6 Å². The number of esters is 1. The van der Waals surface area contributed by atoms with Gasteiger partial charge in [0.2, 0.25) is 0 Å². The minimum atomic E-state index is -1.17. The highest BCUT2D eigenvalue weighted by atomic mass is 32.1. The fourth-order valence-corrected chi connectivity index (χ4v) is 5.61. The number of aliphatic hydroxyl groups excluding tert-OH is 1. The van der Waals surface area contributed by atoms with Gasteiger partial charge in [-0.15, -0.1) is 0 Å². The van der Waals surface area contributed by atoms with E-state index in [4.69, 9.17) is 14.2 Å². The van der Waals surface area contributed by atoms with Crippen molar-refractivity contribution >= 4 is 39.9 Å². The van der Waals surface area contributed by atoms with Gasteiger partial charge < -0.3 is 19.3 Å². The lowest BCUT2D eigenvalue weighted by Gasteiger charge is -2.24. The van der Waals surface area contributed by atoms with Crippen LogP contribution < -0.4 is 14.4 Å². The van der Waals surface area contributed by atoms with Gasteiger partial charge >= 0.3 is 11.9 Å². The summed E-state index contributed by atoms with van der Waals surface area (Å²) in [5.41, 5.74) is 0.862. The number of aromatic nitrogens is 1. The van der Waals surface area contributed by atoms with Crippen molar-refractivity contribution in [1.82, 2.24) is 4.98 Å². The molecule has 1 atom stereocenters. The third-order valence-electron chi connectivity index (χ3n) is 6.85. The van der Waals surface area contributed by atoms with Crippen LogP contribution in [0.1, 0.15) is 71.2 Å². The fraction of sp³-hybridized carbons (Fsp3) is 0.355. The molecule has 1 saturated heterocycles. The topological polar surface area (TPSA) is 115 Å². The summed E-state index contributed by atoms with van der Waals surface area (Å²) >= 11 is 0.899. The number of carbonyl (C=O) groups is 3. The third-order valence-corrected chi connectivity index (χ3v) is 7.99. The van der Waals surface area contributed by atoms with E-state index in [1.54, 1.807) is 39.0 Å². The average Bonchev–Trinajstić information content (AvgIpc) is 3.48. The summed E-state index contributed by atoms with van der Waals surface area (Å²) < 4.78 is 31.1. The number of anilines is 1. The van der Waals surface area contributed by atoms with E-state index in [9.17, 15) is 23.9 Å². The smallest absolute Gasteiger partial charge is 0.350 e. The first kappa shape index (κ1) is 30.7. The zero-order valence-electron chi connectivity index (χ0n) is 24.2. The number of aliphatic hydroxyl groups is 1. The Morgan fingerprint density at radius 1 is 1.10 bits per heavy atom. The molecule has 42 heavy (non-hydrogen) atoms. The maximum absolute atomic E-state index is 14.5. The van der Waals surface area contributed by atoms with Crippen LogP contribution >= 0.6 is 11.3 Å². The Kier molecular flexibility index (Phi) is 9.62. The number of amides is 1. The maximum atomic E-state index is 14.5. The maximum Gasteiger partial charge on any atom is 0.350 e. The molecule has 2 aromatic carbocycles. The molecule has 11 heteroatoms. The quantitative estimate of drug-likeness (QED) is 0.0904. The van der Waals surface area contributed by atoms with Gasteiger partial charge in [-0.3, -0.25) is 14.5 Å². The summed E-state index contributed by atoms with van der Waals surface area (Å²) in [4.78, 5) is 45.3. The normalized spacial score (nSPS) is 16.1. The molecule has 0 radical (unpaired) electrons. The second kappa shape index (κ2) is 13.2. The molecule has 0 aliphatic carbocycles. The standard InChI is InChI=1S/C31H33FN2O7S/c1-6-8-9-14-41-22-13-12-19(16-23(22)39-5)25-24(26(35)20-11-10-17(3)21(32)15-20)27(36)29(37)34(25)31-33-18(4)28(42-31)30(38)40-7-2/h10-13,15-16,25,35H,6-9,14H2,1-5H3/t25-/m1/s1. The van der Waals surface area contributed by atoms with Gasteiger partial charge in [0.1, 0.15) is 16.5 Å². The van der Waals surface area contributed by atoms with Gasteiger partial charge in [-0.05, 0) is 56.5 Å². The number of ketones is 1. The number of unbranched alkanes of at least 4 members (excludes halogenated alkanes) is 2. The highest BCUT2D eigenvalue weighted by Crippen LogP contribution is 2.45. The van der Waals surface area contributed by atoms with E-state index in [1.807, 2.05) is 0 Å². The van der Waals surface area contributed by atoms with Gasteiger partial charge in [-0.1, -0.05) is 49.3 Å². The van der Waals surface area contributed by atoms with Crippen molar-refractivity contribution < 1.29 is 38.1 Å². The van der Waals surface area contributed by atoms with Crippen LogP contribution in [0.2, 0.25) is 0 Å². The molecule has 0 bridgehead atoms. The second-order valence-electron chi connectivity index (χ2n) is 9.73. The molecule has 222 valence electrons. The highest BCUT2D eigenvalue weighted by molar-refractivity contribution is 7.17. The summed E-state index contributed by atoms with van der Waals surface area (Å²) in [7, 11) is 1.47.